The van der Waals surface area contributed by atoms with Crippen molar-refractivity contribution in [2.75, 3.05) is 18.9 Å². The number of ether oxygens (including phenoxy) is 1. The highest BCUT2D eigenvalue weighted by Crippen LogP contribution is 2.44. The minimum Gasteiger partial charge on any atom is -0.487 e. The maximum Gasteiger partial charge on any atom is 0.239 e. The first kappa shape index (κ1) is 23.9. The second-order valence-corrected chi connectivity index (χ2v) is 9.64. The van der Waals surface area contributed by atoms with Gasteiger partial charge in [0, 0.05) is 13.1 Å². The first-order valence-electron chi connectivity index (χ1n) is 9.69. The summed E-state index contributed by atoms with van der Waals surface area (Å²) in [6.45, 7) is 1.91. The third kappa shape index (κ3) is 5.35. The van der Waals surface area contributed by atoms with Crippen molar-refractivity contribution < 1.29 is 17.9 Å². The molecule has 0 saturated carbocycles. The lowest BCUT2D eigenvalue weighted by Crippen LogP contribution is -2.26. The number of hydrogen-bond acceptors (Lipinski definition) is 5. The van der Waals surface area contributed by atoms with Crippen molar-refractivity contribution in [1.82, 2.24) is 5.32 Å². The predicted octanol–water partition coefficient (Wildman–Crippen LogP) is 4.87. The van der Waals surface area contributed by atoms with Gasteiger partial charge in [-0.25, -0.2) is 8.42 Å². The SMILES string of the molecule is CNC(=O)CNc1cc(OCc2ccccc2)c(Cl)c(S(=O)(=O)c2ccc(C)cc2)c1Cl. The smallest absolute Gasteiger partial charge is 0.239 e. The van der Waals surface area contributed by atoms with Crippen LogP contribution in [0, 0.1) is 6.92 Å². The van der Waals surface area contributed by atoms with Crippen molar-refractivity contribution in [3.05, 3.63) is 81.8 Å². The van der Waals surface area contributed by atoms with E-state index < -0.39 is 9.84 Å². The van der Waals surface area contributed by atoms with Crippen molar-refractivity contribution in [2.45, 2.75) is 23.3 Å². The Morgan fingerprint density at radius 2 is 1.66 bits per heavy atom. The standard InChI is InChI=1S/C23H22Cl2N2O4S/c1-15-8-10-17(11-9-15)32(29,30)23-21(24)18(27-13-20(28)26-2)12-19(22(23)25)31-14-16-6-4-3-5-7-16/h3-12,27H,13-14H2,1-2H3,(H,26,28). The van der Waals surface area contributed by atoms with Crippen molar-refractivity contribution in [2.24, 2.45) is 0 Å². The molecule has 0 aliphatic heterocycles. The van der Waals surface area contributed by atoms with Gasteiger partial charge in [-0.3, -0.25) is 4.79 Å². The molecule has 2 N–H and O–H groups in total. The second kappa shape index (κ2) is 10.3. The number of hydrogen-bond donors (Lipinski definition) is 2. The number of carbonyl (C=O) groups is 1. The monoisotopic (exact) mass is 492 g/mol. The van der Waals surface area contributed by atoms with Gasteiger partial charge in [0.25, 0.3) is 0 Å². The Morgan fingerprint density at radius 1 is 1.00 bits per heavy atom. The van der Waals surface area contributed by atoms with Gasteiger partial charge in [0.1, 0.15) is 22.3 Å². The summed E-state index contributed by atoms with van der Waals surface area (Å²) in [5.74, 6) is -0.171. The molecule has 0 heterocycles. The first-order valence-corrected chi connectivity index (χ1v) is 11.9. The van der Waals surface area contributed by atoms with Crippen LogP contribution < -0.4 is 15.4 Å². The fraction of sp³-hybridized carbons (Fsp3) is 0.174. The lowest BCUT2D eigenvalue weighted by atomic mass is 10.2. The Kier molecular flexibility index (Phi) is 7.66. The van der Waals surface area contributed by atoms with Crippen molar-refractivity contribution in [3.8, 4) is 5.75 Å². The largest absolute Gasteiger partial charge is 0.487 e. The molecule has 3 aromatic carbocycles. The highest BCUT2D eigenvalue weighted by atomic mass is 35.5. The third-order valence-corrected chi connectivity index (χ3v) is 7.51. The van der Waals surface area contributed by atoms with Gasteiger partial charge in [-0.2, -0.15) is 0 Å². The quantitative estimate of drug-likeness (QED) is 0.468. The normalized spacial score (nSPS) is 11.1. The summed E-state index contributed by atoms with van der Waals surface area (Å²) < 4.78 is 32.7. The summed E-state index contributed by atoms with van der Waals surface area (Å²) in [4.78, 5) is 11.5. The summed E-state index contributed by atoms with van der Waals surface area (Å²) >= 11 is 13.0. The molecule has 1 amide bonds. The van der Waals surface area contributed by atoms with E-state index in [4.69, 9.17) is 27.9 Å². The predicted molar refractivity (Wildman–Crippen MR) is 126 cm³/mol. The number of sulfone groups is 1. The van der Waals surface area contributed by atoms with Crippen LogP contribution in [0.4, 0.5) is 5.69 Å². The fourth-order valence-electron chi connectivity index (χ4n) is 2.89. The number of likely N-dealkylation sites (N-methyl/N-ethyl adjacent to an activating group) is 1. The summed E-state index contributed by atoms with van der Waals surface area (Å²) in [6.07, 6.45) is 0. The van der Waals surface area contributed by atoms with E-state index in [1.54, 1.807) is 12.1 Å². The number of benzene rings is 3. The molecule has 9 heteroatoms. The van der Waals surface area contributed by atoms with Gasteiger partial charge in [0.2, 0.25) is 15.7 Å². The number of rotatable bonds is 8. The second-order valence-electron chi connectivity index (χ2n) is 7.00. The van der Waals surface area contributed by atoms with Gasteiger partial charge < -0.3 is 15.4 Å². The Hall–Kier alpha value is -2.74. The molecule has 0 fully saturated rings. The summed E-state index contributed by atoms with van der Waals surface area (Å²) in [6, 6.07) is 17.2. The van der Waals surface area contributed by atoms with E-state index in [0.29, 0.717) is 0 Å². The number of carbonyl (C=O) groups excluding carboxylic acids is 1. The molecular formula is C23H22Cl2N2O4S. The number of anilines is 1. The Bertz CT molecular complexity index is 1210. The van der Waals surface area contributed by atoms with E-state index in [0.717, 1.165) is 11.1 Å². The molecule has 0 unspecified atom stereocenters. The summed E-state index contributed by atoms with van der Waals surface area (Å²) in [5.41, 5.74) is 2.00. The van der Waals surface area contributed by atoms with E-state index in [1.165, 1.54) is 25.2 Å². The highest BCUT2D eigenvalue weighted by molar-refractivity contribution is 7.91. The number of aryl methyl sites for hydroxylation is 1. The lowest BCUT2D eigenvalue weighted by molar-refractivity contribution is -0.118. The van der Waals surface area contributed by atoms with Crippen molar-refractivity contribution in [1.29, 1.82) is 0 Å². The molecule has 3 aromatic rings. The van der Waals surface area contributed by atoms with Crippen LogP contribution in [0.25, 0.3) is 0 Å². The lowest BCUT2D eigenvalue weighted by Gasteiger charge is -2.18. The zero-order valence-electron chi connectivity index (χ0n) is 17.5. The molecular weight excluding hydrogens is 471 g/mol. The maximum atomic E-state index is 13.4. The third-order valence-electron chi connectivity index (χ3n) is 4.68. The molecule has 0 atom stereocenters. The van der Waals surface area contributed by atoms with Crippen molar-refractivity contribution >= 4 is 44.6 Å². The Morgan fingerprint density at radius 3 is 2.28 bits per heavy atom. The van der Waals surface area contributed by atoms with Gasteiger partial charge in [-0.05, 0) is 24.6 Å². The van der Waals surface area contributed by atoms with Crippen LogP contribution in [-0.2, 0) is 21.2 Å². The average molecular weight is 493 g/mol. The van der Waals surface area contributed by atoms with Gasteiger partial charge in [0.15, 0.2) is 0 Å². The Labute approximate surface area is 197 Å². The highest BCUT2D eigenvalue weighted by Gasteiger charge is 2.29. The van der Waals surface area contributed by atoms with Crippen LogP contribution in [0.5, 0.6) is 5.75 Å². The van der Waals surface area contributed by atoms with Gasteiger partial charge in [-0.1, -0.05) is 71.2 Å². The molecule has 0 bridgehead atoms. The molecule has 3 rings (SSSR count). The van der Waals surface area contributed by atoms with E-state index in [2.05, 4.69) is 10.6 Å². The molecule has 0 radical (unpaired) electrons. The molecule has 0 saturated heterocycles. The summed E-state index contributed by atoms with van der Waals surface area (Å²) in [5, 5.41) is 5.09. The number of amides is 1. The zero-order chi connectivity index (χ0) is 23.3. The van der Waals surface area contributed by atoms with Gasteiger partial charge in [-0.15, -0.1) is 0 Å². The topological polar surface area (TPSA) is 84.5 Å². The van der Waals surface area contributed by atoms with E-state index in [9.17, 15) is 13.2 Å². The molecule has 0 spiro atoms. The first-order chi connectivity index (χ1) is 15.2. The molecule has 32 heavy (non-hydrogen) atoms. The Balaban J connectivity index is 2.09. The minimum absolute atomic E-state index is 0.0457. The fourth-order valence-corrected chi connectivity index (χ4v) is 5.38. The molecule has 6 nitrogen and oxygen atoms in total. The molecule has 0 aliphatic carbocycles. The maximum absolute atomic E-state index is 13.4. The van der Waals surface area contributed by atoms with Gasteiger partial charge >= 0.3 is 0 Å². The van der Waals surface area contributed by atoms with E-state index in [1.807, 2.05) is 37.3 Å². The van der Waals surface area contributed by atoms with Crippen LogP contribution in [0.1, 0.15) is 11.1 Å². The van der Waals surface area contributed by atoms with E-state index >= 15 is 0 Å². The van der Waals surface area contributed by atoms with Crippen molar-refractivity contribution in [3.63, 3.8) is 0 Å². The zero-order valence-corrected chi connectivity index (χ0v) is 19.8. The molecule has 0 aromatic heterocycles. The summed E-state index contributed by atoms with van der Waals surface area (Å²) in [7, 11) is -2.58. The van der Waals surface area contributed by atoms with Crippen LogP contribution >= 0.6 is 23.2 Å². The minimum atomic E-state index is -4.07. The van der Waals surface area contributed by atoms with Crippen LogP contribution in [0.2, 0.25) is 10.0 Å². The van der Waals surface area contributed by atoms with E-state index in [-0.39, 0.29) is 50.3 Å². The van der Waals surface area contributed by atoms with Crippen LogP contribution in [0.15, 0.2) is 70.5 Å². The number of halogens is 2. The van der Waals surface area contributed by atoms with Crippen LogP contribution in [-0.4, -0.2) is 27.9 Å². The van der Waals surface area contributed by atoms with Gasteiger partial charge in [0.05, 0.1) is 22.2 Å². The molecule has 0 aliphatic rings. The number of nitrogens with one attached hydrogen (secondary N) is 2. The molecule has 168 valence electrons. The van der Waals surface area contributed by atoms with Crippen LogP contribution in [0.3, 0.4) is 0 Å². The average Bonchev–Trinajstić information content (AvgIpc) is 2.78.